The summed E-state index contributed by atoms with van der Waals surface area (Å²) in [6.45, 7) is 0.439. The summed E-state index contributed by atoms with van der Waals surface area (Å²) in [5, 5.41) is 8.48. The molecule has 0 unspecified atom stereocenters. The quantitative estimate of drug-likeness (QED) is 0.101. The summed E-state index contributed by atoms with van der Waals surface area (Å²) in [6, 6.07) is 42.3. The molecule has 5 aromatic rings. The molecule has 0 atom stereocenters. The SMILES string of the molecule is O=C(CSc1ccc(NC(=O)/C(=C/c2ccc(OCc3ccccc3)cc2)NC(=O)c2ccccc2)cc1)Nc1ccccc1. The lowest BCUT2D eigenvalue weighted by Crippen LogP contribution is -2.30. The number of rotatable bonds is 12. The van der Waals surface area contributed by atoms with Crippen molar-refractivity contribution < 1.29 is 19.1 Å². The number of carbonyl (C=O) groups is 3. The van der Waals surface area contributed by atoms with Gasteiger partial charge in [-0.25, -0.2) is 0 Å². The predicted molar refractivity (Wildman–Crippen MR) is 180 cm³/mol. The second-order valence-corrected chi connectivity index (χ2v) is 11.0. The summed E-state index contributed by atoms with van der Waals surface area (Å²) >= 11 is 1.39. The van der Waals surface area contributed by atoms with Crippen molar-refractivity contribution in [2.45, 2.75) is 11.5 Å². The lowest BCUT2D eigenvalue weighted by Gasteiger charge is -2.12. The zero-order chi connectivity index (χ0) is 31.3. The number of thioether (sulfide) groups is 1. The highest BCUT2D eigenvalue weighted by Crippen LogP contribution is 2.22. The van der Waals surface area contributed by atoms with Crippen LogP contribution in [0.25, 0.3) is 6.08 Å². The molecule has 45 heavy (non-hydrogen) atoms. The molecule has 5 rings (SSSR count). The number of hydrogen-bond acceptors (Lipinski definition) is 5. The van der Waals surface area contributed by atoms with Crippen LogP contribution in [0.1, 0.15) is 21.5 Å². The van der Waals surface area contributed by atoms with Gasteiger partial charge in [-0.2, -0.15) is 0 Å². The number of benzene rings is 5. The molecule has 0 aliphatic carbocycles. The highest BCUT2D eigenvalue weighted by molar-refractivity contribution is 8.00. The largest absolute Gasteiger partial charge is 0.489 e. The van der Waals surface area contributed by atoms with E-state index in [4.69, 9.17) is 4.74 Å². The number of nitrogens with one attached hydrogen (secondary N) is 3. The highest BCUT2D eigenvalue weighted by Gasteiger charge is 2.15. The van der Waals surface area contributed by atoms with Gasteiger partial charge in [0.1, 0.15) is 18.1 Å². The van der Waals surface area contributed by atoms with Crippen molar-refractivity contribution in [3.8, 4) is 5.75 Å². The molecule has 0 aromatic heterocycles. The van der Waals surface area contributed by atoms with Crippen molar-refractivity contribution in [3.05, 3.63) is 162 Å². The first-order chi connectivity index (χ1) is 22.0. The minimum Gasteiger partial charge on any atom is -0.489 e. The van der Waals surface area contributed by atoms with Gasteiger partial charge in [0, 0.05) is 21.8 Å². The molecule has 0 heterocycles. The zero-order valence-corrected chi connectivity index (χ0v) is 25.1. The standard InChI is InChI=1S/C37H31N3O4S/c41-35(38-30-14-8-3-9-15-30)26-45-33-22-18-31(19-23-33)39-37(43)34(40-36(42)29-12-6-2-7-13-29)24-27-16-20-32(21-17-27)44-25-28-10-4-1-5-11-28/h1-24H,25-26H2,(H,38,41)(H,39,43)(H,40,42)/b34-24-. The third-order valence-corrected chi connectivity index (χ3v) is 7.52. The molecule has 7 nitrogen and oxygen atoms in total. The molecule has 5 aromatic carbocycles. The van der Waals surface area contributed by atoms with Crippen molar-refractivity contribution in [3.63, 3.8) is 0 Å². The van der Waals surface area contributed by atoms with Crippen molar-refractivity contribution >= 4 is 46.9 Å². The third-order valence-electron chi connectivity index (χ3n) is 6.51. The smallest absolute Gasteiger partial charge is 0.272 e. The fourth-order valence-electron chi connectivity index (χ4n) is 4.21. The number of ether oxygens (including phenoxy) is 1. The molecular formula is C37H31N3O4S. The van der Waals surface area contributed by atoms with E-state index < -0.39 is 11.8 Å². The maximum atomic E-state index is 13.4. The molecule has 0 aliphatic rings. The predicted octanol–water partition coefficient (Wildman–Crippen LogP) is 7.41. The molecule has 3 N–H and O–H groups in total. The fraction of sp³-hybridized carbons (Fsp3) is 0.0541. The molecule has 0 radical (unpaired) electrons. The summed E-state index contributed by atoms with van der Waals surface area (Å²) in [5.41, 5.74) is 3.57. The van der Waals surface area contributed by atoms with Gasteiger partial charge in [0.15, 0.2) is 0 Å². The molecule has 3 amide bonds. The van der Waals surface area contributed by atoms with E-state index in [0.717, 1.165) is 16.1 Å². The molecule has 0 bridgehead atoms. The van der Waals surface area contributed by atoms with Crippen LogP contribution in [-0.4, -0.2) is 23.5 Å². The van der Waals surface area contributed by atoms with Crippen molar-refractivity contribution in [2.24, 2.45) is 0 Å². The molecule has 0 aliphatic heterocycles. The van der Waals surface area contributed by atoms with Crippen LogP contribution in [0.2, 0.25) is 0 Å². The van der Waals surface area contributed by atoms with E-state index in [1.165, 1.54) is 11.8 Å². The Bertz CT molecular complexity index is 1740. The van der Waals surface area contributed by atoms with Gasteiger partial charge >= 0.3 is 0 Å². The van der Waals surface area contributed by atoms with Crippen LogP contribution in [0.3, 0.4) is 0 Å². The Morgan fingerprint density at radius 2 is 1.24 bits per heavy atom. The second kappa shape index (κ2) is 15.7. The van der Waals surface area contributed by atoms with Crippen LogP contribution in [-0.2, 0) is 16.2 Å². The Morgan fingerprint density at radius 3 is 1.91 bits per heavy atom. The van der Waals surface area contributed by atoms with E-state index in [-0.39, 0.29) is 17.4 Å². The van der Waals surface area contributed by atoms with Crippen LogP contribution >= 0.6 is 11.8 Å². The molecule has 0 saturated heterocycles. The number of para-hydroxylation sites is 1. The monoisotopic (exact) mass is 613 g/mol. The minimum absolute atomic E-state index is 0.0813. The summed E-state index contributed by atoms with van der Waals surface area (Å²) in [7, 11) is 0. The fourth-order valence-corrected chi connectivity index (χ4v) is 4.91. The van der Waals surface area contributed by atoms with E-state index in [1.807, 2.05) is 103 Å². The van der Waals surface area contributed by atoms with Crippen molar-refractivity contribution in [1.29, 1.82) is 0 Å². The van der Waals surface area contributed by atoms with Crippen LogP contribution in [0.15, 0.2) is 150 Å². The average Bonchev–Trinajstić information content (AvgIpc) is 3.08. The maximum Gasteiger partial charge on any atom is 0.272 e. The van der Waals surface area contributed by atoms with Gasteiger partial charge in [0.25, 0.3) is 11.8 Å². The van der Waals surface area contributed by atoms with Crippen molar-refractivity contribution in [2.75, 3.05) is 16.4 Å². The number of carbonyl (C=O) groups excluding carboxylic acids is 3. The van der Waals surface area contributed by atoms with Crippen LogP contribution < -0.4 is 20.7 Å². The molecule has 0 saturated carbocycles. The first-order valence-electron chi connectivity index (χ1n) is 14.3. The van der Waals surface area contributed by atoms with Crippen LogP contribution in [0, 0.1) is 0 Å². The van der Waals surface area contributed by atoms with E-state index in [2.05, 4.69) is 16.0 Å². The summed E-state index contributed by atoms with van der Waals surface area (Å²) in [6.07, 6.45) is 1.62. The normalized spacial score (nSPS) is 10.9. The van der Waals surface area contributed by atoms with E-state index >= 15 is 0 Å². The lowest BCUT2D eigenvalue weighted by molar-refractivity contribution is -0.114. The first kappa shape index (κ1) is 30.8. The Kier molecular flexibility index (Phi) is 10.8. The maximum absolute atomic E-state index is 13.4. The van der Waals surface area contributed by atoms with Gasteiger partial charge in [0.2, 0.25) is 5.91 Å². The Hall–Kier alpha value is -5.60. The minimum atomic E-state index is -0.480. The van der Waals surface area contributed by atoms with Gasteiger partial charge in [-0.05, 0) is 77.9 Å². The number of anilines is 2. The van der Waals surface area contributed by atoms with Crippen LogP contribution in [0.5, 0.6) is 5.75 Å². The zero-order valence-electron chi connectivity index (χ0n) is 24.3. The number of hydrogen-bond donors (Lipinski definition) is 3. The first-order valence-corrected chi connectivity index (χ1v) is 15.2. The lowest BCUT2D eigenvalue weighted by atomic mass is 10.1. The number of amides is 3. The Balaban J connectivity index is 1.23. The third kappa shape index (κ3) is 9.71. The van der Waals surface area contributed by atoms with E-state index in [0.29, 0.717) is 29.2 Å². The van der Waals surface area contributed by atoms with Gasteiger partial charge in [-0.15, -0.1) is 11.8 Å². The van der Waals surface area contributed by atoms with Gasteiger partial charge in [0.05, 0.1) is 5.75 Å². The molecular weight excluding hydrogens is 582 g/mol. The van der Waals surface area contributed by atoms with Crippen LogP contribution in [0.4, 0.5) is 11.4 Å². The van der Waals surface area contributed by atoms with Gasteiger partial charge < -0.3 is 20.7 Å². The molecule has 0 fully saturated rings. The average molecular weight is 614 g/mol. The summed E-state index contributed by atoms with van der Waals surface area (Å²) in [5.74, 6) is -0.0597. The van der Waals surface area contributed by atoms with E-state index in [1.54, 1.807) is 42.5 Å². The second-order valence-electron chi connectivity index (χ2n) is 9.90. The summed E-state index contributed by atoms with van der Waals surface area (Å²) in [4.78, 5) is 39.5. The van der Waals surface area contributed by atoms with Gasteiger partial charge in [-0.3, -0.25) is 14.4 Å². The summed E-state index contributed by atoms with van der Waals surface area (Å²) < 4.78 is 5.87. The molecule has 0 spiro atoms. The topological polar surface area (TPSA) is 96.5 Å². The van der Waals surface area contributed by atoms with Gasteiger partial charge in [-0.1, -0.05) is 78.9 Å². The molecule has 224 valence electrons. The highest BCUT2D eigenvalue weighted by atomic mass is 32.2. The Morgan fingerprint density at radius 1 is 0.644 bits per heavy atom. The van der Waals surface area contributed by atoms with Crippen molar-refractivity contribution in [1.82, 2.24) is 5.32 Å². The Labute approximate surface area is 266 Å². The molecule has 8 heteroatoms. The van der Waals surface area contributed by atoms with E-state index in [9.17, 15) is 14.4 Å².